The molecule has 3 rings (SSSR count). The van der Waals surface area contributed by atoms with Crippen LogP contribution in [-0.2, 0) is 16.0 Å². The van der Waals surface area contributed by atoms with Crippen LogP contribution in [0.3, 0.4) is 0 Å². The van der Waals surface area contributed by atoms with E-state index in [1.807, 2.05) is 19.2 Å². The van der Waals surface area contributed by atoms with Crippen molar-refractivity contribution in [2.75, 3.05) is 33.7 Å². The molecule has 0 saturated carbocycles. The molecule has 0 aromatic heterocycles. The Morgan fingerprint density at radius 3 is 2.83 bits per heavy atom. The van der Waals surface area contributed by atoms with Gasteiger partial charge in [-0.3, -0.25) is 9.79 Å². The third-order valence-corrected chi connectivity index (χ3v) is 8.26. The number of piperidine rings is 1. The standard InChI is InChI=1S/C31H49N5O5/c1-5-31(20-36-30(32)34-4)12-6-7-23(28(40-21(2)37)18-25(38)10-13-31)15-22-8-9-27(39)29(16-22)41-26-11-14-35-24(17-26)19-33-3/h8-9,16,23-26,28,33,35,38-39H,5,7,10-11,13-15,17-20H2,1-4H3,(H3,32,34,36)/t23-,24+,25+,26+,28+,31-/m1/s1. The summed E-state index contributed by atoms with van der Waals surface area (Å²) in [7, 11) is 3.57. The topological polar surface area (TPSA) is 150 Å². The number of hydrogen-bond donors (Lipinski definition) is 6. The quantitative estimate of drug-likeness (QED) is 0.107. The zero-order chi connectivity index (χ0) is 29.8. The SMILES string of the molecule is CC[C@@]1(CNC(N)=NC)C#CC[C@H](Cc2ccc(O)c(O[C@H]3CCN[C@H](CNC)C3)c2)[C@@H](OC(C)=O)C[C@@H](O)CC1. The van der Waals surface area contributed by atoms with Gasteiger partial charge in [0.15, 0.2) is 17.5 Å². The zero-order valence-electron chi connectivity index (χ0n) is 25.0. The fourth-order valence-electron chi connectivity index (χ4n) is 5.75. The number of nitrogens with one attached hydrogen (secondary N) is 3. The number of nitrogens with two attached hydrogens (primary N) is 1. The molecule has 1 aromatic carbocycles. The summed E-state index contributed by atoms with van der Waals surface area (Å²) in [6, 6.07) is 5.73. The van der Waals surface area contributed by atoms with Gasteiger partial charge in [0.1, 0.15) is 12.2 Å². The first-order valence-electron chi connectivity index (χ1n) is 14.8. The van der Waals surface area contributed by atoms with E-state index in [2.05, 4.69) is 39.7 Å². The van der Waals surface area contributed by atoms with E-state index in [0.29, 0.717) is 56.4 Å². The summed E-state index contributed by atoms with van der Waals surface area (Å²) < 4.78 is 12.0. The summed E-state index contributed by atoms with van der Waals surface area (Å²) in [5.74, 6) is 7.27. The lowest BCUT2D eigenvalue weighted by Crippen LogP contribution is -2.46. The van der Waals surface area contributed by atoms with Crippen molar-refractivity contribution in [3.8, 4) is 23.3 Å². The molecule has 228 valence electrons. The molecule has 10 nitrogen and oxygen atoms in total. The smallest absolute Gasteiger partial charge is 0.302 e. The van der Waals surface area contributed by atoms with Crippen molar-refractivity contribution in [2.45, 2.75) is 89.6 Å². The van der Waals surface area contributed by atoms with Crippen molar-refractivity contribution in [3.63, 3.8) is 0 Å². The number of carbonyl (C=O) groups is 1. The normalized spacial score (nSPS) is 29.1. The number of rotatable bonds is 10. The van der Waals surface area contributed by atoms with Crippen molar-refractivity contribution in [2.24, 2.45) is 22.1 Å². The van der Waals surface area contributed by atoms with E-state index in [1.165, 1.54) is 6.92 Å². The highest BCUT2D eigenvalue weighted by Crippen LogP contribution is 2.34. The third kappa shape index (κ3) is 10.1. The van der Waals surface area contributed by atoms with E-state index in [0.717, 1.165) is 37.9 Å². The van der Waals surface area contributed by atoms with Gasteiger partial charge in [-0.1, -0.05) is 18.9 Å². The Balaban J connectivity index is 1.84. The number of phenolic OH excluding ortho intramolecular Hbond substituents is 1. The Morgan fingerprint density at radius 1 is 1.32 bits per heavy atom. The number of esters is 1. The zero-order valence-corrected chi connectivity index (χ0v) is 25.0. The number of hydrogen-bond acceptors (Lipinski definition) is 8. The number of aliphatic hydroxyl groups excluding tert-OH is 1. The Labute approximate surface area is 244 Å². The third-order valence-electron chi connectivity index (χ3n) is 8.26. The molecule has 1 heterocycles. The van der Waals surface area contributed by atoms with Crippen LogP contribution < -0.4 is 26.4 Å². The van der Waals surface area contributed by atoms with Gasteiger partial charge in [0.05, 0.1) is 6.10 Å². The number of phenols is 1. The molecule has 0 spiro atoms. The second-order valence-corrected chi connectivity index (χ2v) is 11.4. The van der Waals surface area contributed by atoms with E-state index >= 15 is 0 Å². The second kappa shape index (κ2) is 15.9. The van der Waals surface area contributed by atoms with Gasteiger partial charge in [0.25, 0.3) is 0 Å². The Bertz CT molecular complexity index is 1080. The van der Waals surface area contributed by atoms with Crippen LogP contribution in [0, 0.1) is 23.2 Å². The highest BCUT2D eigenvalue weighted by Gasteiger charge is 2.32. The molecule has 6 atom stereocenters. The molecular weight excluding hydrogens is 522 g/mol. The molecule has 7 N–H and O–H groups in total. The molecule has 1 saturated heterocycles. The summed E-state index contributed by atoms with van der Waals surface area (Å²) >= 11 is 0. The summed E-state index contributed by atoms with van der Waals surface area (Å²) in [6.07, 6.45) is 3.95. The first kappa shape index (κ1) is 32.5. The monoisotopic (exact) mass is 571 g/mol. The summed E-state index contributed by atoms with van der Waals surface area (Å²) in [5.41, 5.74) is 6.47. The maximum absolute atomic E-state index is 12.1. The van der Waals surface area contributed by atoms with Gasteiger partial charge in [-0.05, 0) is 63.4 Å². The van der Waals surface area contributed by atoms with Crippen LogP contribution in [0.25, 0.3) is 0 Å². The highest BCUT2D eigenvalue weighted by molar-refractivity contribution is 5.77. The van der Waals surface area contributed by atoms with Crippen LogP contribution in [0.15, 0.2) is 23.2 Å². The number of nitrogens with zero attached hydrogens (tertiary/aromatic N) is 1. The van der Waals surface area contributed by atoms with E-state index in [4.69, 9.17) is 15.2 Å². The van der Waals surface area contributed by atoms with E-state index in [-0.39, 0.29) is 29.2 Å². The number of aliphatic hydroxyl groups is 1. The van der Waals surface area contributed by atoms with Gasteiger partial charge < -0.3 is 41.4 Å². The number of guanidine groups is 1. The van der Waals surface area contributed by atoms with Gasteiger partial charge in [0, 0.05) is 63.7 Å². The van der Waals surface area contributed by atoms with Crippen molar-refractivity contribution in [1.82, 2.24) is 16.0 Å². The molecule has 0 radical (unpaired) electrons. The molecule has 1 aliphatic heterocycles. The molecule has 0 amide bonds. The Hall–Kier alpha value is -3.00. The van der Waals surface area contributed by atoms with E-state index < -0.39 is 12.2 Å². The number of aromatic hydroxyl groups is 1. The first-order chi connectivity index (χ1) is 19.7. The Kier molecular flexibility index (Phi) is 12.6. The van der Waals surface area contributed by atoms with Crippen LogP contribution in [0.5, 0.6) is 11.5 Å². The minimum atomic E-state index is -0.644. The maximum Gasteiger partial charge on any atom is 0.302 e. The van der Waals surface area contributed by atoms with Crippen LogP contribution in [0.4, 0.5) is 0 Å². The summed E-state index contributed by atoms with van der Waals surface area (Å²) in [5, 5.41) is 31.4. The molecule has 2 aliphatic rings. The lowest BCUT2D eigenvalue weighted by molar-refractivity contribution is -0.151. The fraction of sp³-hybridized carbons (Fsp3) is 0.677. The van der Waals surface area contributed by atoms with Crippen molar-refractivity contribution in [3.05, 3.63) is 23.8 Å². The summed E-state index contributed by atoms with van der Waals surface area (Å²) in [6.45, 7) is 5.74. The van der Waals surface area contributed by atoms with Gasteiger partial charge in [-0.2, -0.15) is 0 Å². The molecule has 0 unspecified atom stereocenters. The average molecular weight is 572 g/mol. The molecular formula is C31H49N5O5. The van der Waals surface area contributed by atoms with Gasteiger partial charge >= 0.3 is 5.97 Å². The van der Waals surface area contributed by atoms with Crippen molar-refractivity contribution in [1.29, 1.82) is 0 Å². The molecule has 0 bridgehead atoms. The number of benzene rings is 1. The lowest BCUT2D eigenvalue weighted by atomic mass is 9.77. The maximum atomic E-state index is 12.1. The molecule has 41 heavy (non-hydrogen) atoms. The largest absolute Gasteiger partial charge is 0.504 e. The van der Waals surface area contributed by atoms with Crippen molar-refractivity contribution < 1.29 is 24.5 Å². The first-order valence-corrected chi connectivity index (χ1v) is 14.8. The predicted molar refractivity (Wildman–Crippen MR) is 161 cm³/mol. The minimum absolute atomic E-state index is 0.00165. The highest BCUT2D eigenvalue weighted by atomic mass is 16.5. The molecule has 1 fully saturated rings. The average Bonchev–Trinajstić information content (AvgIpc) is 2.95. The number of carbonyl (C=O) groups excluding carboxylic acids is 1. The van der Waals surface area contributed by atoms with Gasteiger partial charge in [0.2, 0.25) is 0 Å². The number of likely N-dealkylation sites (N-methyl/N-ethyl adjacent to an activating group) is 1. The molecule has 10 heteroatoms. The molecule has 1 aliphatic carbocycles. The summed E-state index contributed by atoms with van der Waals surface area (Å²) in [4.78, 5) is 16.0. The number of aliphatic imine (C=N–C) groups is 1. The lowest BCUT2D eigenvalue weighted by Gasteiger charge is -2.33. The van der Waals surface area contributed by atoms with Crippen LogP contribution in [0.2, 0.25) is 0 Å². The minimum Gasteiger partial charge on any atom is -0.504 e. The fourth-order valence-corrected chi connectivity index (χ4v) is 5.75. The number of ether oxygens (including phenoxy) is 2. The van der Waals surface area contributed by atoms with E-state index in [1.54, 1.807) is 13.1 Å². The van der Waals surface area contributed by atoms with Gasteiger partial charge in [-0.25, -0.2) is 0 Å². The Morgan fingerprint density at radius 2 is 2.12 bits per heavy atom. The van der Waals surface area contributed by atoms with Crippen LogP contribution >= 0.6 is 0 Å². The predicted octanol–water partition coefficient (Wildman–Crippen LogP) is 2.07. The second-order valence-electron chi connectivity index (χ2n) is 11.4. The molecule has 1 aromatic rings. The van der Waals surface area contributed by atoms with Crippen LogP contribution in [-0.4, -0.2) is 80.2 Å². The van der Waals surface area contributed by atoms with Crippen LogP contribution in [0.1, 0.15) is 64.4 Å². The van der Waals surface area contributed by atoms with Crippen molar-refractivity contribution >= 4 is 11.9 Å². The van der Waals surface area contributed by atoms with E-state index in [9.17, 15) is 15.0 Å². The van der Waals surface area contributed by atoms with Gasteiger partial charge in [-0.15, -0.1) is 5.92 Å².